The lowest BCUT2D eigenvalue weighted by Crippen LogP contribution is -3.00. The van der Waals surface area contributed by atoms with Crippen molar-refractivity contribution in [2.75, 3.05) is 19.6 Å². The van der Waals surface area contributed by atoms with Gasteiger partial charge >= 0.3 is 0 Å². The quantitative estimate of drug-likeness (QED) is 0.768. The van der Waals surface area contributed by atoms with E-state index in [1.54, 1.807) is 0 Å². The van der Waals surface area contributed by atoms with Gasteiger partial charge in [0.05, 0.1) is 0 Å². The van der Waals surface area contributed by atoms with Gasteiger partial charge in [-0.15, -0.1) is 0 Å². The first-order valence-electron chi connectivity index (χ1n) is 7.74. The predicted molar refractivity (Wildman–Crippen MR) is 86.5 cm³/mol. The van der Waals surface area contributed by atoms with E-state index in [2.05, 4.69) is 17.0 Å². The molecule has 1 saturated heterocycles. The summed E-state index contributed by atoms with van der Waals surface area (Å²) in [5.41, 5.74) is 3.18. The summed E-state index contributed by atoms with van der Waals surface area (Å²) in [4.78, 5) is 14.6. The summed E-state index contributed by atoms with van der Waals surface area (Å²) < 4.78 is 0. The van der Waals surface area contributed by atoms with Gasteiger partial charge in [0, 0.05) is 18.5 Å². The fourth-order valence-electron chi connectivity index (χ4n) is 2.89. The fraction of sp³-hybridized carbons (Fsp3) is 0.316. The number of benzene rings is 2. The number of Topliss-reactive ketones (excluding diaryl/α,β-unsaturated/α-hetero) is 1. The first-order valence-corrected chi connectivity index (χ1v) is 7.74. The molecule has 0 bridgehead atoms. The van der Waals surface area contributed by atoms with Crippen LogP contribution in [-0.2, 0) is 0 Å². The minimum Gasteiger partial charge on any atom is -1.00 e. The van der Waals surface area contributed by atoms with Crippen molar-refractivity contribution in [1.29, 1.82) is 0 Å². The van der Waals surface area contributed by atoms with E-state index in [4.69, 9.17) is 0 Å². The Morgan fingerprint density at radius 3 is 2.09 bits per heavy atom. The summed E-state index contributed by atoms with van der Waals surface area (Å²) in [5.74, 6) is 0.251. The smallest absolute Gasteiger partial charge is 0.164 e. The molecule has 1 aliphatic heterocycles. The molecule has 0 saturated carbocycles. The highest BCUT2D eigenvalue weighted by Gasteiger charge is 2.13. The van der Waals surface area contributed by atoms with Crippen LogP contribution in [-0.4, -0.2) is 30.3 Å². The summed E-state index contributed by atoms with van der Waals surface area (Å²) in [6, 6.07) is 18.2. The third kappa shape index (κ3) is 4.19. The van der Waals surface area contributed by atoms with Crippen molar-refractivity contribution in [3.8, 4) is 11.1 Å². The number of hydrogen-bond acceptors (Lipinski definition) is 2. The largest absolute Gasteiger partial charge is 1.00 e. The van der Waals surface area contributed by atoms with E-state index in [0.717, 1.165) is 30.8 Å². The molecular formula is C19H21ClNO-. The second kappa shape index (κ2) is 8.11. The molecule has 22 heavy (non-hydrogen) atoms. The third-order valence-electron chi connectivity index (χ3n) is 4.17. The van der Waals surface area contributed by atoms with Crippen LogP contribution in [0, 0.1) is 0 Å². The van der Waals surface area contributed by atoms with Crippen LogP contribution in [0.1, 0.15) is 29.6 Å². The maximum Gasteiger partial charge on any atom is 0.164 e. The highest BCUT2D eigenvalue weighted by Crippen LogP contribution is 2.20. The molecule has 0 spiro atoms. The van der Waals surface area contributed by atoms with E-state index in [0.29, 0.717) is 6.42 Å². The zero-order valence-corrected chi connectivity index (χ0v) is 13.4. The Kier molecular flexibility index (Phi) is 6.17. The second-order valence-electron chi connectivity index (χ2n) is 5.67. The van der Waals surface area contributed by atoms with Crippen LogP contribution >= 0.6 is 0 Å². The maximum absolute atomic E-state index is 12.2. The summed E-state index contributed by atoms with van der Waals surface area (Å²) in [5, 5.41) is 0. The molecule has 1 heterocycles. The van der Waals surface area contributed by atoms with Crippen molar-refractivity contribution < 1.29 is 17.2 Å². The maximum atomic E-state index is 12.2. The monoisotopic (exact) mass is 314 g/mol. The summed E-state index contributed by atoms with van der Waals surface area (Å²) in [7, 11) is 0. The van der Waals surface area contributed by atoms with Crippen molar-refractivity contribution in [1.82, 2.24) is 4.90 Å². The van der Waals surface area contributed by atoms with Crippen molar-refractivity contribution in [2.24, 2.45) is 0 Å². The Bertz CT molecular complexity index is 589. The number of hydrogen-bond donors (Lipinski definition) is 0. The minimum atomic E-state index is 0. The number of ketones is 1. The number of rotatable bonds is 5. The lowest BCUT2D eigenvalue weighted by Gasteiger charge is -2.13. The molecule has 0 radical (unpaired) electrons. The Hall–Kier alpha value is -1.64. The van der Waals surface area contributed by atoms with Crippen molar-refractivity contribution >= 4 is 5.78 Å². The predicted octanol–water partition coefficient (Wildman–Crippen LogP) is 1.03. The molecule has 2 aromatic carbocycles. The van der Waals surface area contributed by atoms with E-state index in [1.807, 2.05) is 42.5 Å². The van der Waals surface area contributed by atoms with Crippen LogP contribution in [0.2, 0.25) is 0 Å². The summed E-state index contributed by atoms with van der Waals surface area (Å²) in [6.45, 7) is 3.21. The minimum absolute atomic E-state index is 0. The van der Waals surface area contributed by atoms with Gasteiger partial charge in [-0.2, -0.15) is 0 Å². The van der Waals surface area contributed by atoms with E-state index >= 15 is 0 Å². The van der Waals surface area contributed by atoms with Crippen LogP contribution in [0.4, 0.5) is 0 Å². The zero-order valence-electron chi connectivity index (χ0n) is 12.7. The zero-order chi connectivity index (χ0) is 14.5. The van der Waals surface area contributed by atoms with Gasteiger partial charge in [0.2, 0.25) is 0 Å². The Morgan fingerprint density at radius 1 is 0.864 bits per heavy atom. The highest BCUT2D eigenvalue weighted by molar-refractivity contribution is 5.96. The SMILES string of the molecule is O=C(CCN1CCCC1)c1ccc(-c2ccccc2)cc1.[Cl-]. The van der Waals surface area contributed by atoms with Crippen molar-refractivity contribution in [3.05, 3.63) is 60.2 Å². The number of carbonyl (C=O) groups is 1. The van der Waals surface area contributed by atoms with Gasteiger partial charge in [-0.05, 0) is 37.1 Å². The van der Waals surface area contributed by atoms with Gasteiger partial charge in [-0.3, -0.25) is 4.79 Å². The van der Waals surface area contributed by atoms with Crippen LogP contribution in [0.25, 0.3) is 11.1 Å². The third-order valence-corrected chi connectivity index (χ3v) is 4.17. The van der Waals surface area contributed by atoms with E-state index < -0.39 is 0 Å². The topological polar surface area (TPSA) is 20.3 Å². The summed E-state index contributed by atoms with van der Waals surface area (Å²) >= 11 is 0. The number of carbonyl (C=O) groups excluding carboxylic acids is 1. The van der Waals surface area contributed by atoms with E-state index in [1.165, 1.54) is 18.4 Å². The van der Waals surface area contributed by atoms with Crippen molar-refractivity contribution in [3.63, 3.8) is 0 Å². The van der Waals surface area contributed by atoms with E-state index in [9.17, 15) is 4.79 Å². The summed E-state index contributed by atoms with van der Waals surface area (Å²) in [6.07, 6.45) is 3.19. The van der Waals surface area contributed by atoms with Crippen molar-refractivity contribution in [2.45, 2.75) is 19.3 Å². The van der Waals surface area contributed by atoms with Gasteiger partial charge < -0.3 is 17.3 Å². The molecule has 1 aliphatic rings. The number of halogens is 1. The number of likely N-dealkylation sites (tertiary alicyclic amines) is 1. The lowest BCUT2D eigenvalue weighted by atomic mass is 10.0. The normalized spacial score (nSPS) is 14.5. The molecule has 3 heteroatoms. The standard InChI is InChI=1S/C19H21NO.ClH/c21-19(12-15-20-13-4-5-14-20)18-10-8-17(9-11-18)16-6-2-1-3-7-16;/h1-3,6-11H,4-5,12-15H2;1H/p-1. The molecule has 0 unspecified atom stereocenters. The average Bonchev–Trinajstić information content (AvgIpc) is 3.07. The molecule has 0 amide bonds. The number of nitrogens with zero attached hydrogens (tertiary/aromatic N) is 1. The molecule has 1 fully saturated rings. The first kappa shape index (κ1) is 16.7. The Morgan fingerprint density at radius 2 is 1.45 bits per heavy atom. The van der Waals surface area contributed by atoms with Gasteiger partial charge in [0.25, 0.3) is 0 Å². The van der Waals surface area contributed by atoms with Crippen LogP contribution in [0.5, 0.6) is 0 Å². The lowest BCUT2D eigenvalue weighted by molar-refractivity contribution is -0.0000122. The molecular weight excluding hydrogens is 294 g/mol. The van der Waals surface area contributed by atoms with Gasteiger partial charge in [0.15, 0.2) is 5.78 Å². The van der Waals surface area contributed by atoms with Crippen LogP contribution in [0.15, 0.2) is 54.6 Å². The van der Waals surface area contributed by atoms with E-state index in [-0.39, 0.29) is 18.2 Å². The van der Waals surface area contributed by atoms with Gasteiger partial charge in [0.1, 0.15) is 0 Å². The molecule has 0 N–H and O–H groups in total. The van der Waals surface area contributed by atoms with Crippen LogP contribution < -0.4 is 12.4 Å². The molecule has 0 aliphatic carbocycles. The molecule has 0 atom stereocenters. The molecule has 2 aromatic rings. The molecule has 2 nitrogen and oxygen atoms in total. The van der Waals surface area contributed by atoms with Gasteiger partial charge in [-0.25, -0.2) is 0 Å². The molecule has 0 aromatic heterocycles. The molecule has 116 valence electrons. The Balaban J connectivity index is 0.00000176. The fourth-order valence-corrected chi connectivity index (χ4v) is 2.89. The Labute approximate surface area is 138 Å². The first-order chi connectivity index (χ1) is 10.3. The van der Waals surface area contributed by atoms with Gasteiger partial charge in [-0.1, -0.05) is 54.6 Å². The second-order valence-corrected chi connectivity index (χ2v) is 5.67. The molecule has 3 rings (SSSR count). The van der Waals surface area contributed by atoms with Crippen LogP contribution in [0.3, 0.4) is 0 Å². The average molecular weight is 315 g/mol. The highest BCUT2D eigenvalue weighted by atomic mass is 35.5.